The van der Waals surface area contributed by atoms with Gasteiger partial charge < -0.3 is 15.2 Å². The number of rotatable bonds is 5. The highest BCUT2D eigenvalue weighted by atomic mass is 35.5. The van der Waals surface area contributed by atoms with E-state index in [1.54, 1.807) is 30.3 Å². The monoisotopic (exact) mass is 305 g/mol. The fourth-order valence-corrected chi connectivity index (χ4v) is 2.12. The summed E-state index contributed by atoms with van der Waals surface area (Å²) in [6.45, 7) is 0. The second-order valence-corrected chi connectivity index (χ2v) is 4.96. The number of nitrogens with one attached hydrogen (secondary N) is 1. The number of anilines is 1. The van der Waals surface area contributed by atoms with Gasteiger partial charge in [0.25, 0.3) is 0 Å². The van der Waals surface area contributed by atoms with Gasteiger partial charge in [-0.2, -0.15) is 0 Å². The van der Waals surface area contributed by atoms with Crippen LogP contribution in [-0.2, 0) is 4.79 Å². The van der Waals surface area contributed by atoms with Crippen LogP contribution in [-0.4, -0.2) is 18.1 Å². The lowest BCUT2D eigenvalue weighted by molar-refractivity contribution is -0.118. The summed E-state index contributed by atoms with van der Waals surface area (Å²) >= 11 is 5.90. The van der Waals surface area contributed by atoms with Gasteiger partial charge >= 0.3 is 0 Å². The lowest BCUT2D eigenvalue weighted by atomic mass is 10.1. The topological polar surface area (TPSA) is 58.6 Å². The van der Waals surface area contributed by atoms with Crippen LogP contribution in [0.15, 0.2) is 48.5 Å². The van der Waals surface area contributed by atoms with Crippen molar-refractivity contribution in [3.63, 3.8) is 0 Å². The first-order valence-electron chi connectivity index (χ1n) is 6.46. The second-order valence-electron chi connectivity index (χ2n) is 4.52. The number of amides is 1. The molecule has 2 aromatic rings. The van der Waals surface area contributed by atoms with Gasteiger partial charge in [0.2, 0.25) is 5.91 Å². The van der Waals surface area contributed by atoms with Gasteiger partial charge in [0.15, 0.2) is 0 Å². The van der Waals surface area contributed by atoms with Gasteiger partial charge in [-0.1, -0.05) is 41.9 Å². The zero-order chi connectivity index (χ0) is 15.2. The molecule has 4 nitrogen and oxygen atoms in total. The van der Waals surface area contributed by atoms with Crippen molar-refractivity contribution in [3.05, 3.63) is 59.1 Å². The van der Waals surface area contributed by atoms with Crippen molar-refractivity contribution in [2.45, 2.75) is 12.5 Å². The molecule has 2 N–H and O–H groups in total. The number of benzene rings is 2. The molecule has 0 bridgehead atoms. The molecule has 0 radical (unpaired) electrons. The Morgan fingerprint density at radius 1 is 1.29 bits per heavy atom. The summed E-state index contributed by atoms with van der Waals surface area (Å²) in [5, 5.41) is 13.2. The number of carbonyl (C=O) groups excluding carboxylic acids is 1. The van der Waals surface area contributed by atoms with E-state index in [1.165, 1.54) is 7.11 Å². The smallest absolute Gasteiger partial charge is 0.227 e. The average molecular weight is 306 g/mol. The van der Waals surface area contributed by atoms with Gasteiger partial charge in [-0.05, 0) is 23.8 Å². The average Bonchev–Trinajstić information content (AvgIpc) is 2.48. The Kier molecular flexibility index (Phi) is 5.20. The molecule has 0 heterocycles. The highest BCUT2D eigenvalue weighted by molar-refractivity contribution is 6.31. The van der Waals surface area contributed by atoms with Gasteiger partial charge in [-0.15, -0.1) is 0 Å². The summed E-state index contributed by atoms with van der Waals surface area (Å²) in [6, 6.07) is 14.0. The summed E-state index contributed by atoms with van der Waals surface area (Å²) in [6.07, 6.45) is -0.893. The van der Waals surface area contributed by atoms with Gasteiger partial charge in [0.1, 0.15) is 5.75 Å². The van der Waals surface area contributed by atoms with E-state index in [9.17, 15) is 9.90 Å². The summed E-state index contributed by atoms with van der Waals surface area (Å²) in [5.74, 6) is 0.203. The molecule has 1 atom stereocenters. The van der Waals surface area contributed by atoms with Crippen molar-refractivity contribution in [2.75, 3.05) is 12.4 Å². The minimum Gasteiger partial charge on any atom is -0.495 e. The Morgan fingerprint density at radius 2 is 2.00 bits per heavy atom. The summed E-state index contributed by atoms with van der Waals surface area (Å²) in [4.78, 5) is 12.0. The first kappa shape index (κ1) is 15.4. The predicted molar refractivity (Wildman–Crippen MR) is 82.7 cm³/mol. The summed E-state index contributed by atoms with van der Waals surface area (Å²) < 4.78 is 5.15. The third-order valence-electron chi connectivity index (χ3n) is 3.00. The molecular weight excluding hydrogens is 290 g/mol. The van der Waals surface area contributed by atoms with Crippen LogP contribution in [0.25, 0.3) is 0 Å². The maximum Gasteiger partial charge on any atom is 0.227 e. The van der Waals surface area contributed by atoms with Crippen molar-refractivity contribution in [1.82, 2.24) is 0 Å². The normalized spacial score (nSPS) is 11.8. The number of carbonyl (C=O) groups is 1. The zero-order valence-electron chi connectivity index (χ0n) is 11.5. The molecular formula is C16H16ClNO3. The number of aliphatic hydroxyl groups excluding tert-OH is 1. The number of hydrogen-bond acceptors (Lipinski definition) is 3. The van der Waals surface area contributed by atoms with Crippen LogP contribution in [0, 0.1) is 0 Å². The molecule has 0 aliphatic carbocycles. The third-order valence-corrected chi connectivity index (χ3v) is 3.23. The minimum atomic E-state index is -0.851. The molecule has 2 aromatic carbocycles. The standard InChI is InChI=1S/C16H16ClNO3/c1-21-15-8-7-12(17)9-13(15)18-16(20)10-14(19)11-5-3-2-4-6-11/h2-9,14,19H,10H2,1H3,(H,18,20). The fraction of sp³-hybridized carbons (Fsp3) is 0.188. The molecule has 0 fully saturated rings. The van der Waals surface area contributed by atoms with E-state index in [2.05, 4.69) is 5.32 Å². The SMILES string of the molecule is COc1ccc(Cl)cc1NC(=O)CC(O)c1ccccc1. The molecule has 110 valence electrons. The van der Waals surface area contributed by atoms with Crippen LogP contribution in [0.3, 0.4) is 0 Å². The molecule has 0 aromatic heterocycles. The van der Waals surface area contributed by atoms with E-state index in [-0.39, 0.29) is 12.3 Å². The molecule has 0 aliphatic rings. The number of halogens is 1. The van der Waals surface area contributed by atoms with Crippen molar-refractivity contribution in [1.29, 1.82) is 0 Å². The molecule has 0 saturated heterocycles. The maximum absolute atomic E-state index is 12.0. The van der Waals surface area contributed by atoms with E-state index < -0.39 is 6.10 Å². The second kappa shape index (κ2) is 7.11. The largest absolute Gasteiger partial charge is 0.495 e. The summed E-state index contributed by atoms with van der Waals surface area (Å²) in [7, 11) is 1.51. The van der Waals surface area contributed by atoms with Gasteiger partial charge in [-0.25, -0.2) is 0 Å². The van der Waals surface area contributed by atoms with E-state index in [4.69, 9.17) is 16.3 Å². The van der Waals surface area contributed by atoms with Crippen LogP contribution in [0.1, 0.15) is 18.1 Å². The van der Waals surface area contributed by atoms with Crippen molar-refractivity contribution < 1.29 is 14.6 Å². The third kappa shape index (κ3) is 4.21. The van der Waals surface area contributed by atoms with Crippen molar-refractivity contribution in [2.24, 2.45) is 0 Å². The number of aliphatic hydroxyl groups is 1. The Bertz CT molecular complexity index is 616. The molecule has 2 rings (SSSR count). The molecule has 0 saturated carbocycles. The van der Waals surface area contributed by atoms with Crippen LogP contribution in [0.4, 0.5) is 5.69 Å². The first-order valence-corrected chi connectivity index (χ1v) is 6.84. The van der Waals surface area contributed by atoms with Crippen molar-refractivity contribution >= 4 is 23.2 Å². The fourth-order valence-electron chi connectivity index (χ4n) is 1.95. The number of methoxy groups -OCH3 is 1. The minimum absolute atomic E-state index is 0.0420. The number of hydrogen-bond donors (Lipinski definition) is 2. The Morgan fingerprint density at radius 3 is 2.67 bits per heavy atom. The zero-order valence-corrected chi connectivity index (χ0v) is 12.3. The Balaban J connectivity index is 2.04. The lowest BCUT2D eigenvalue weighted by Crippen LogP contribution is -2.16. The highest BCUT2D eigenvalue weighted by Crippen LogP contribution is 2.28. The van der Waals surface area contributed by atoms with Gasteiger partial charge in [0, 0.05) is 5.02 Å². The lowest BCUT2D eigenvalue weighted by Gasteiger charge is -2.13. The maximum atomic E-state index is 12.0. The molecule has 1 amide bonds. The molecule has 21 heavy (non-hydrogen) atoms. The molecule has 5 heteroatoms. The molecule has 1 unspecified atom stereocenters. The highest BCUT2D eigenvalue weighted by Gasteiger charge is 2.14. The molecule has 0 aliphatic heterocycles. The van der Waals surface area contributed by atoms with E-state index in [1.807, 2.05) is 18.2 Å². The Hall–Kier alpha value is -2.04. The van der Waals surface area contributed by atoms with Crippen LogP contribution in [0.5, 0.6) is 5.75 Å². The molecule has 0 spiro atoms. The number of ether oxygens (including phenoxy) is 1. The predicted octanol–water partition coefficient (Wildman–Crippen LogP) is 3.41. The first-order chi connectivity index (χ1) is 10.1. The van der Waals surface area contributed by atoms with Crippen LogP contribution >= 0.6 is 11.6 Å². The van der Waals surface area contributed by atoms with E-state index >= 15 is 0 Å². The van der Waals surface area contributed by atoms with Crippen LogP contribution in [0.2, 0.25) is 5.02 Å². The van der Waals surface area contributed by atoms with Gasteiger partial charge in [0.05, 0.1) is 25.3 Å². The van der Waals surface area contributed by atoms with Gasteiger partial charge in [-0.3, -0.25) is 4.79 Å². The Labute approximate surface area is 128 Å². The van der Waals surface area contributed by atoms with E-state index in [0.717, 1.165) is 0 Å². The van der Waals surface area contributed by atoms with Crippen LogP contribution < -0.4 is 10.1 Å². The quantitative estimate of drug-likeness (QED) is 0.890. The summed E-state index contributed by atoms with van der Waals surface area (Å²) in [5.41, 5.74) is 1.18. The van der Waals surface area contributed by atoms with Crippen molar-refractivity contribution in [3.8, 4) is 5.75 Å². The van der Waals surface area contributed by atoms with E-state index in [0.29, 0.717) is 22.0 Å².